The Labute approximate surface area is 173 Å². The molecular weight excluding hydrogens is 463 g/mol. The summed E-state index contributed by atoms with van der Waals surface area (Å²) in [4.78, 5) is 22.5. The number of rotatable bonds is 5. The molecule has 0 bridgehead atoms. The van der Waals surface area contributed by atoms with Crippen molar-refractivity contribution in [2.75, 3.05) is 6.61 Å². The first-order valence-electron chi connectivity index (χ1n) is 8.66. The Kier molecular flexibility index (Phi) is 7.27. The number of ether oxygens (including phenoxy) is 4. The molecule has 1 aliphatic rings. The van der Waals surface area contributed by atoms with Crippen LogP contribution in [0.3, 0.4) is 0 Å². The molecule has 1 aromatic rings. The van der Waals surface area contributed by atoms with Crippen LogP contribution in [0.4, 0.5) is 0 Å². The first-order chi connectivity index (χ1) is 12.6. The minimum absolute atomic E-state index is 0.0312. The minimum atomic E-state index is -0.668. The van der Waals surface area contributed by atoms with E-state index in [4.69, 9.17) is 18.9 Å². The second-order valence-corrected chi connectivity index (χ2v) is 8.57. The van der Waals surface area contributed by atoms with Crippen LogP contribution in [0.15, 0.2) is 33.9 Å². The largest absolute Gasteiger partial charge is 0.463 e. The monoisotopic (exact) mass is 488 g/mol. The first-order valence-corrected chi connectivity index (χ1v) is 9.74. The van der Waals surface area contributed by atoms with Crippen LogP contribution in [0.25, 0.3) is 0 Å². The molecule has 3 atom stereocenters. The Morgan fingerprint density at radius 1 is 1.11 bits per heavy atom. The Balaban J connectivity index is 2.13. The number of hydrogen-bond acceptors (Lipinski definition) is 6. The van der Waals surface area contributed by atoms with E-state index < -0.39 is 30.4 Å². The number of benzene rings is 1. The molecular formula is C20H25IO6. The van der Waals surface area contributed by atoms with E-state index in [9.17, 15) is 9.59 Å². The van der Waals surface area contributed by atoms with Crippen LogP contribution < -0.4 is 4.74 Å². The third kappa shape index (κ3) is 6.49. The Bertz CT molecular complexity index is 704. The van der Waals surface area contributed by atoms with Crippen LogP contribution in [0.1, 0.15) is 40.2 Å². The first kappa shape index (κ1) is 21.7. The predicted molar refractivity (Wildman–Crippen MR) is 109 cm³/mol. The SMILES string of the molecule is CC(=O)OCC1OC(Oc2ccc(C(C)(C)C)cc2)C(I)=CC1OC(C)=O. The van der Waals surface area contributed by atoms with E-state index in [0.29, 0.717) is 5.75 Å². The zero-order valence-electron chi connectivity index (χ0n) is 16.2. The van der Waals surface area contributed by atoms with Crippen molar-refractivity contribution in [1.29, 1.82) is 0 Å². The second-order valence-electron chi connectivity index (χ2n) is 7.33. The van der Waals surface area contributed by atoms with E-state index in [-0.39, 0.29) is 12.0 Å². The van der Waals surface area contributed by atoms with Gasteiger partial charge in [-0.3, -0.25) is 9.59 Å². The molecule has 3 unspecified atom stereocenters. The fourth-order valence-corrected chi connectivity index (χ4v) is 3.15. The van der Waals surface area contributed by atoms with Gasteiger partial charge in [-0.2, -0.15) is 0 Å². The third-order valence-electron chi connectivity index (χ3n) is 3.93. The van der Waals surface area contributed by atoms with Gasteiger partial charge >= 0.3 is 11.9 Å². The van der Waals surface area contributed by atoms with Crippen molar-refractivity contribution in [3.05, 3.63) is 39.5 Å². The van der Waals surface area contributed by atoms with Gasteiger partial charge < -0.3 is 18.9 Å². The predicted octanol–water partition coefficient (Wildman–Crippen LogP) is 3.90. The lowest BCUT2D eigenvalue weighted by atomic mass is 9.87. The number of halogens is 1. The fraction of sp³-hybridized carbons (Fsp3) is 0.500. The molecule has 2 rings (SSSR count). The van der Waals surface area contributed by atoms with Gasteiger partial charge in [0.2, 0.25) is 6.29 Å². The summed E-state index contributed by atoms with van der Waals surface area (Å²) in [6.45, 7) is 9.04. The normalized spacial score (nSPS) is 22.6. The molecule has 0 saturated carbocycles. The molecule has 0 N–H and O–H groups in total. The van der Waals surface area contributed by atoms with Crippen molar-refractivity contribution in [3.8, 4) is 5.75 Å². The van der Waals surface area contributed by atoms with E-state index >= 15 is 0 Å². The van der Waals surface area contributed by atoms with Gasteiger partial charge in [0, 0.05) is 13.8 Å². The van der Waals surface area contributed by atoms with Crippen LogP contribution in [-0.4, -0.2) is 37.0 Å². The topological polar surface area (TPSA) is 71.1 Å². The molecule has 0 saturated heterocycles. The van der Waals surface area contributed by atoms with Crippen molar-refractivity contribution in [2.45, 2.75) is 58.5 Å². The number of hydrogen-bond donors (Lipinski definition) is 0. The molecule has 27 heavy (non-hydrogen) atoms. The quantitative estimate of drug-likeness (QED) is 0.463. The highest BCUT2D eigenvalue weighted by molar-refractivity contribution is 14.1. The van der Waals surface area contributed by atoms with Crippen LogP contribution in [0, 0.1) is 0 Å². The van der Waals surface area contributed by atoms with Crippen molar-refractivity contribution in [3.63, 3.8) is 0 Å². The summed E-state index contributed by atoms with van der Waals surface area (Å²) < 4.78 is 22.9. The lowest BCUT2D eigenvalue weighted by Gasteiger charge is -2.33. The fourth-order valence-electron chi connectivity index (χ4n) is 2.52. The average molecular weight is 488 g/mol. The molecule has 0 fully saturated rings. The van der Waals surface area contributed by atoms with Gasteiger partial charge in [-0.25, -0.2) is 0 Å². The lowest BCUT2D eigenvalue weighted by molar-refractivity contribution is -0.179. The molecule has 0 spiro atoms. The number of esters is 2. The van der Waals surface area contributed by atoms with Crippen LogP contribution in [0.5, 0.6) is 5.75 Å². The molecule has 148 valence electrons. The maximum absolute atomic E-state index is 11.3. The van der Waals surface area contributed by atoms with E-state index in [1.807, 2.05) is 24.3 Å². The molecule has 0 amide bonds. The number of carbonyl (C=O) groups is 2. The van der Waals surface area contributed by atoms with Gasteiger partial charge in [-0.05, 0) is 51.8 Å². The number of carbonyl (C=O) groups excluding carboxylic acids is 2. The second kappa shape index (κ2) is 9.05. The highest BCUT2D eigenvalue weighted by Crippen LogP contribution is 2.30. The van der Waals surface area contributed by atoms with E-state index in [2.05, 4.69) is 43.4 Å². The van der Waals surface area contributed by atoms with Gasteiger partial charge in [-0.15, -0.1) is 0 Å². The van der Waals surface area contributed by atoms with Gasteiger partial charge in [0.15, 0.2) is 6.10 Å². The van der Waals surface area contributed by atoms with Crippen molar-refractivity contribution in [2.24, 2.45) is 0 Å². The van der Waals surface area contributed by atoms with Gasteiger partial charge in [0.1, 0.15) is 18.5 Å². The standard InChI is InChI=1S/C20H25IO6/c1-12(22)24-11-18-17(25-13(2)23)10-16(21)19(27-18)26-15-8-6-14(7-9-15)20(3,4)5/h6-10,17-19H,11H2,1-5H3. The van der Waals surface area contributed by atoms with Gasteiger partial charge in [-0.1, -0.05) is 32.9 Å². The van der Waals surface area contributed by atoms with Gasteiger partial charge in [0.25, 0.3) is 0 Å². The molecule has 1 aliphatic heterocycles. The van der Waals surface area contributed by atoms with Crippen molar-refractivity contribution < 1.29 is 28.5 Å². The summed E-state index contributed by atoms with van der Waals surface area (Å²) in [5.74, 6) is -0.207. The third-order valence-corrected chi connectivity index (χ3v) is 4.80. The Morgan fingerprint density at radius 3 is 2.26 bits per heavy atom. The summed E-state index contributed by atoms with van der Waals surface area (Å²) in [7, 11) is 0. The molecule has 0 radical (unpaired) electrons. The summed E-state index contributed by atoms with van der Waals surface area (Å²) >= 11 is 2.09. The van der Waals surface area contributed by atoms with Crippen LogP contribution in [0.2, 0.25) is 0 Å². The lowest BCUT2D eigenvalue weighted by Crippen LogP contribution is -2.44. The van der Waals surface area contributed by atoms with E-state index in [0.717, 1.165) is 3.58 Å². The Morgan fingerprint density at radius 2 is 1.74 bits per heavy atom. The molecule has 0 aromatic heterocycles. The highest BCUT2D eigenvalue weighted by atomic mass is 127. The minimum Gasteiger partial charge on any atom is -0.463 e. The molecule has 7 heteroatoms. The van der Waals surface area contributed by atoms with Gasteiger partial charge in [0.05, 0.1) is 3.58 Å². The highest BCUT2D eigenvalue weighted by Gasteiger charge is 2.35. The zero-order chi connectivity index (χ0) is 20.2. The van der Waals surface area contributed by atoms with E-state index in [1.54, 1.807) is 6.08 Å². The maximum Gasteiger partial charge on any atom is 0.303 e. The van der Waals surface area contributed by atoms with Crippen molar-refractivity contribution in [1.82, 2.24) is 0 Å². The summed E-state index contributed by atoms with van der Waals surface area (Å²) in [6, 6.07) is 7.83. The smallest absolute Gasteiger partial charge is 0.303 e. The summed E-state index contributed by atoms with van der Waals surface area (Å²) in [5.41, 5.74) is 1.26. The van der Waals surface area contributed by atoms with Crippen LogP contribution >= 0.6 is 22.6 Å². The molecule has 1 heterocycles. The van der Waals surface area contributed by atoms with Crippen molar-refractivity contribution >= 4 is 34.5 Å². The molecule has 1 aromatic carbocycles. The molecule has 6 nitrogen and oxygen atoms in total. The maximum atomic E-state index is 11.3. The zero-order valence-corrected chi connectivity index (χ0v) is 18.3. The summed E-state index contributed by atoms with van der Waals surface area (Å²) in [5, 5.41) is 0. The van der Waals surface area contributed by atoms with E-state index in [1.165, 1.54) is 19.4 Å². The molecule has 0 aliphatic carbocycles. The summed E-state index contributed by atoms with van der Waals surface area (Å²) in [6.07, 6.45) is -0.196. The Hall–Kier alpha value is -1.61. The average Bonchev–Trinajstić information content (AvgIpc) is 2.55. The van der Waals surface area contributed by atoms with Crippen LogP contribution in [-0.2, 0) is 29.2 Å².